The number of aryl methyl sites for hydroxylation is 2. The number of nitrogens with one attached hydrogen (secondary N) is 1. The van der Waals surface area contributed by atoms with Crippen molar-refractivity contribution in [1.82, 2.24) is 0 Å². The molecular weight excluding hydrogens is 439 g/mol. The van der Waals surface area contributed by atoms with Crippen molar-refractivity contribution in [2.24, 2.45) is 0 Å². The highest BCUT2D eigenvalue weighted by Crippen LogP contribution is 2.24. The minimum Gasteiger partial charge on any atom is -0.322 e. The van der Waals surface area contributed by atoms with E-state index < -0.39 is 15.8 Å². The summed E-state index contributed by atoms with van der Waals surface area (Å²) < 4.78 is 39.4. The average Bonchev–Trinajstić information content (AvgIpc) is 2.71. The van der Waals surface area contributed by atoms with Crippen molar-refractivity contribution in [3.05, 3.63) is 93.8 Å². The van der Waals surface area contributed by atoms with Gasteiger partial charge >= 0.3 is 0 Å². The zero-order valence-corrected chi connectivity index (χ0v) is 18.9. The minimum absolute atomic E-state index is 0.0830. The van der Waals surface area contributed by atoms with Gasteiger partial charge < -0.3 is 5.32 Å². The zero-order chi connectivity index (χ0) is 22.8. The summed E-state index contributed by atoms with van der Waals surface area (Å²) in [6.07, 6.45) is 1.16. The van der Waals surface area contributed by atoms with Gasteiger partial charge in [0.15, 0.2) is 0 Å². The Morgan fingerprint density at radius 3 is 2.26 bits per heavy atom. The predicted octanol–water partition coefficient (Wildman–Crippen LogP) is 5.31. The molecule has 1 N–H and O–H groups in total. The topological polar surface area (TPSA) is 66.5 Å². The molecule has 5 nitrogen and oxygen atoms in total. The van der Waals surface area contributed by atoms with Crippen molar-refractivity contribution in [2.75, 3.05) is 15.9 Å². The fourth-order valence-electron chi connectivity index (χ4n) is 2.99. The predicted molar refractivity (Wildman–Crippen MR) is 123 cm³/mol. The van der Waals surface area contributed by atoms with E-state index in [0.717, 1.165) is 22.9 Å². The maximum Gasteiger partial charge on any atom is 0.255 e. The molecule has 0 fully saturated rings. The lowest BCUT2D eigenvalue weighted by Gasteiger charge is -2.23. The second-order valence-corrected chi connectivity index (χ2v) is 9.63. The highest BCUT2D eigenvalue weighted by Gasteiger charge is 2.19. The Balaban J connectivity index is 1.78. The summed E-state index contributed by atoms with van der Waals surface area (Å²) in [5.74, 6) is -0.952. The van der Waals surface area contributed by atoms with Crippen LogP contribution < -0.4 is 9.62 Å². The molecule has 162 valence electrons. The van der Waals surface area contributed by atoms with Gasteiger partial charge in [-0.25, -0.2) is 12.8 Å². The van der Waals surface area contributed by atoms with Crippen LogP contribution in [-0.4, -0.2) is 20.6 Å². The third-order valence-electron chi connectivity index (χ3n) is 4.90. The molecule has 0 aromatic heterocycles. The Hall–Kier alpha value is -2.90. The molecule has 0 aliphatic carbocycles. The molecular formula is C23H22ClFN2O3S. The molecule has 31 heavy (non-hydrogen) atoms. The van der Waals surface area contributed by atoms with Crippen molar-refractivity contribution in [2.45, 2.75) is 20.4 Å². The van der Waals surface area contributed by atoms with Gasteiger partial charge in [-0.05, 0) is 73.0 Å². The normalized spacial score (nSPS) is 11.3. The molecule has 0 bridgehead atoms. The first kappa shape index (κ1) is 22.8. The fraction of sp³-hybridized carbons (Fsp3) is 0.174. The first-order chi connectivity index (χ1) is 14.5. The van der Waals surface area contributed by atoms with Gasteiger partial charge in [0, 0.05) is 11.3 Å². The highest BCUT2D eigenvalue weighted by molar-refractivity contribution is 7.92. The van der Waals surface area contributed by atoms with Crippen LogP contribution in [-0.2, 0) is 16.6 Å². The van der Waals surface area contributed by atoms with Gasteiger partial charge in [0.2, 0.25) is 10.0 Å². The van der Waals surface area contributed by atoms with E-state index in [4.69, 9.17) is 11.6 Å². The van der Waals surface area contributed by atoms with Crippen LogP contribution in [0.5, 0.6) is 0 Å². The van der Waals surface area contributed by atoms with Crippen LogP contribution in [0.4, 0.5) is 15.8 Å². The minimum atomic E-state index is -3.51. The van der Waals surface area contributed by atoms with E-state index in [1.54, 1.807) is 30.3 Å². The zero-order valence-electron chi connectivity index (χ0n) is 17.3. The van der Waals surface area contributed by atoms with Crippen molar-refractivity contribution in [3.63, 3.8) is 0 Å². The third kappa shape index (κ3) is 5.62. The summed E-state index contributed by atoms with van der Waals surface area (Å²) in [4.78, 5) is 12.4. The lowest BCUT2D eigenvalue weighted by molar-refractivity contribution is 0.102. The van der Waals surface area contributed by atoms with Crippen LogP contribution in [0.25, 0.3) is 0 Å². The van der Waals surface area contributed by atoms with Crippen molar-refractivity contribution >= 4 is 38.9 Å². The summed E-state index contributed by atoms with van der Waals surface area (Å²) in [6.45, 7) is 4.03. The number of anilines is 2. The molecule has 0 radical (unpaired) electrons. The molecule has 0 aliphatic rings. The van der Waals surface area contributed by atoms with Crippen molar-refractivity contribution < 1.29 is 17.6 Å². The van der Waals surface area contributed by atoms with Gasteiger partial charge in [0.25, 0.3) is 5.91 Å². The maximum absolute atomic E-state index is 13.3. The van der Waals surface area contributed by atoms with E-state index in [1.165, 1.54) is 22.5 Å². The molecule has 0 unspecified atom stereocenters. The van der Waals surface area contributed by atoms with E-state index in [-0.39, 0.29) is 17.5 Å². The monoisotopic (exact) mass is 460 g/mol. The second kappa shape index (κ2) is 9.08. The van der Waals surface area contributed by atoms with E-state index in [9.17, 15) is 17.6 Å². The van der Waals surface area contributed by atoms with Gasteiger partial charge in [-0.2, -0.15) is 0 Å². The summed E-state index contributed by atoms with van der Waals surface area (Å²) >= 11 is 5.74. The molecule has 0 saturated heterocycles. The Kier molecular flexibility index (Phi) is 6.67. The molecule has 8 heteroatoms. The largest absolute Gasteiger partial charge is 0.322 e. The van der Waals surface area contributed by atoms with E-state index in [2.05, 4.69) is 5.32 Å². The van der Waals surface area contributed by atoms with E-state index >= 15 is 0 Å². The first-order valence-corrected chi connectivity index (χ1v) is 11.7. The molecule has 0 saturated carbocycles. The Morgan fingerprint density at radius 2 is 1.68 bits per heavy atom. The molecule has 3 aromatic carbocycles. The van der Waals surface area contributed by atoms with Crippen molar-refractivity contribution in [1.29, 1.82) is 0 Å². The molecule has 0 aliphatic heterocycles. The standard InChI is InChI=1S/C23H22ClFN2O3S/c1-15-4-10-20(12-16(15)2)27(31(3,29)30)14-17-5-7-18(8-6-17)23(28)26-19-9-11-22(25)21(24)13-19/h4-13H,14H2,1-3H3,(H,26,28). The van der Waals surface area contributed by atoms with Crippen LogP contribution in [0.15, 0.2) is 60.7 Å². The van der Waals surface area contributed by atoms with Gasteiger partial charge in [-0.15, -0.1) is 0 Å². The number of sulfonamides is 1. The number of carbonyl (C=O) groups is 1. The maximum atomic E-state index is 13.3. The number of hydrogen-bond acceptors (Lipinski definition) is 3. The molecule has 3 rings (SSSR count). The number of halogens is 2. The molecule has 0 spiro atoms. The third-order valence-corrected chi connectivity index (χ3v) is 6.33. The number of amides is 1. The molecule has 0 heterocycles. The Morgan fingerprint density at radius 1 is 1.00 bits per heavy atom. The number of rotatable bonds is 6. The molecule has 3 aromatic rings. The lowest BCUT2D eigenvalue weighted by Crippen LogP contribution is -2.29. The lowest BCUT2D eigenvalue weighted by atomic mass is 10.1. The van der Waals surface area contributed by atoms with Gasteiger partial charge in [0.1, 0.15) is 5.82 Å². The number of hydrogen-bond donors (Lipinski definition) is 1. The van der Waals surface area contributed by atoms with Gasteiger partial charge in [-0.1, -0.05) is 29.8 Å². The van der Waals surface area contributed by atoms with Crippen molar-refractivity contribution in [3.8, 4) is 0 Å². The van der Waals surface area contributed by atoms with Crippen LogP contribution >= 0.6 is 11.6 Å². The number of benzene rings is 3. The second-order valence-electron chi connectivity index (χ2n) is 7.32. The SMILES string of the molecule is Cc1ccc(N(Cc2ccc(C(=O)Nc3ccc(F)c(Cl)c3)cc2)S(C)(=O)=O)cc1C. The summed E-state index contributed by atoms with van der Waals surface area (Å²) in [6, 6.07) is 16.0. The first-order valence-electron chi connectivity index (χ1n) is 9.45. The quantitative estimate of drug-likeness (QED) is 0.541. The van der Waals surface area contributed by atoms with Gasteiger partial charge in [0.05, 0.1) is 23.5 Å². The fourth-order valence-corrected chi connectivity index (χ4v) is 4.05. The van der Waals surface area contributed by atoms with Crippen LogP contribution in [0.1, 0.15) is 27.0 Å². The Labute approximate surface area is 186 Å². The summed E-state index contributed by atoms with van der Waals surface area (Å²) in [7, 11) is -3.51. The van der Waals surface area contributed by atoms with Crippen LogP contribution in [0.2, 0.25) is 5.02 Å². The molecule has 1 amide bonds. The molecule has 0 atom stereocenters. The van der Waals surface area contributed by atoms with Gasteiger partial charge in [-0.3, -0.25) is 9.10 Å². The van der Waals surface area contributed by atoms with Crippen LogP contribution in [0, 0.1) is 19.7 Å². The van der Waals surface area contributed by atoms with Crippen LogP contribution in [0.3, 0.4) is 0 Å². The number of nitrogens with zero attached hydrogens (tertiary/aromatic N) is 1. The van der Waals surface area contributed by atoms with E-state index in [0.29, 0.717) is 16.9 Å². The Bertz CT molecular complexity index is 1230. The van der Waals surface area contributed by atoms with E-state index in [1.807, 2.05) is 26.0 Å². The average molecular weight is 461 g/mol. The summed E-state index contributed by atoms with van der Waals surface area (Å²) in [5.41, 5.74) is 4.14. The smallest absolute Gasteiger partial charge is 0.255 e. The highest BCUT2D eigenvalue weighted by atomic mass is 35.5. The number of carbonyl (C=O) groups excluding carboxylic acids is 1. The summed E-state index contributed by atoms with van der Waals surface area (Å²) in [5, 5.41) is 2.57.